The van der Waals surface area contributed by atoms with Crippen LogP contribution in [0.25, 0.3) is 0 Å². The van der Waals surface area contributed by atoms with Gasteiger partial charge in [-0.3, -0.25) is 14.6 Å². The number of likely N-dealkylation sites (N-methyl/N-ethyl adjacent to an activating group) is 1. The Balaban J connectivity index is 1.75. The molecule has 0 saturated heterocycles. The fraction of sp³-hybridized carbons (Fsp3) is 0.471. The van der Waals surface area contributed by atoms with Crippen LogP contribution < -0.4 is 10.9 Å². The van der Waals surface area contributed by atoms with E-state index in [4.69, 9.17) is 4.74 Å². The number of amides is 1. The van der Waals surface area contributed by atoms with Crippen molar-refractivity contribution in [2.24, 2.45) is 0 Å². The van der Waals surface area contributed by atoms with Crippen molar-refractivity contribution in [3.8, 4) is 0 Å². The molecule has 0 atom stereocenters. The van der Waals surface area contributed by atoms with Crippen molar-refractivity contribution in [1.29, 1.82) is 0 Å². The van der Waals surface area contributed by atoms with E-state index in [0.717, 1.165) is 41.7 Å². The van der Waals surface area contributed by atoms with Gasteiger partial charge in [0.25, 0.3) is 5.56 Å². The standard InChI is InChI=1S/C17H21N5O4S2/c1-4-26-16(25)13-10-5-6-22(3)7-11(10)28-15(13)18-12(23)8-27-17-19-14(24)9(2)20-21-17/h4-8H2,1-3H3,(H,18,23)(H,19,21,24). The van der Waals surface area contributed by atoms with Crippen molar-refractivity contribution in [3.05, 3.63) is 32.1 Å². The van der Waals surface area contributed by atoms with E-state index >= 15 is 0 Å². The number of carbonyl (C=O) groups is 2. The van der Waals surface area contributed by atoms with Crippen LogP contribution in [0, 0.1) is 6.92 Å². The van der Waals surface area contributed by atoms with Crippen molar-refractivity contribution in [1.82, 2.24) is 20.1 Å². The number of thiophene rings is 1. The number of ether oxygens (including phenoxy) is 1. The van der Waals surface area contributed by atoms with Gasteiger partial charge in [0, 0.05) is 18.0 Å². The lowest BCUT2D eigenvalue weighted by Gasteiger charge is -2.22. The third-order valence-corrected chi connectivity index (χ3v) is 6.16. The highest BCUT2D eigenvalue weighted by molar-refractivity contribution is 7.99. The zero-order chi connectivity index (χ0) is 20.3. The molecular weight excluding hydrogens is 402 g/mol. The van der Waals surface area contributed by atoms with E-state index in [-0.39, 0.29) is 34.7 Å². The zero-order valence-corrected chi connectivity index (χ0v) is 17.5. The van der Waals surface area contributed by atoms with Gasteiger partial charge in [-0.05, 0) is 32.9 Å². The minimum Gasteiger partial charge on any atom is -0.462 e. The first-order valence-electron chi connectivity index (χ1n) is 8.75. The van der Waals surface area contributed by atoms with Crippen LogP contribution in [0.5, 0.6) is 0 Å². The summed E-state index contributed by atoms with van der Waals surface area (Å²) in [5, 5.41) is 11.2. The molecule has 0 fully saturated rings. The summed E-state index contributed by atoms with van der Waals surface area (Å²) in [6, 6.07) is 0. The number of fused-ring (bicyclic) bond motifs is 1. The van der Waals surface area contributed by atoms with E-state index in [2.05, 4.69) is 25.4 Å². The largest absolute Gasteiger partial charge is 0.462 e. The van der Waals surface area contributed by atoms with E-state index in [9.17, 15) is 14.4 Å². The third kappa shape index (κ3) is 4.59. The molecule has 28 heavy (non-hydrogen) atoms. The summed E-state index contributed by atoms with van der Waals surface area (Å²) in [4.78, 5) is 42.3. The number of anilines is 1. The normalized spacial score (nSPS) is 13.8. The number of aromatic nitrogens is 3. The number of carbonyl (C=O) groups excluding carboxylic acids is 2. The van der Waals surface area contributed by atoms with Crippen molar-refractivity contribution in [2.45, 2.75) is 32.0 Å². The molecule has 2 aromatic heterocycles. The van der Waals surface area contributed by atoms with E-state index < -0.39 is 5.97 Å². The number of hydrogen-bond acceptors (Lipinski definition) is 9. The third-order valence-electron chi connectivity index (χ3n) is 4.16. The molecule has 2 aromatic rings. The first kappa shape index (κ1) is 20.5. The molecule has 0 unspecified atom stereocenters. The maximum absolute atomic E-state index is 12.5. The second kappa shape index (κ2) is 8.84. The van der Waals surface area contributed by atoms with Gasteiger partial charge in [-0.1, -0.05) is 11.8 Å². The predicted octanol–water partition coefficient (Wildman–Crippen LogP) is 1.43. The summed E-state index contributed by atoms with van der Waals surface area (Å²) in [6.45, 7) is 5.16. The van der Waals surface area contributed by atoms with Crippen molar-refractivity contribution < 1.29 is 14.3 Å². The molecule has 0 saturated carbocycles. The molecule has 3 heterocycles. The number of H-pyrrole nitrogens is 1. The Hall–Kier alpha value is -2.24. The smallest absolute Gasteiger partial charge is 0.341 e. The number of aromatic amines is 1. The van der Waals surface area contributed by atoms with Crippen LogP contribution >= 0.6 is 23.1 Å². The molecule has 0 aliphatic carbocycles. The quantitative estimate of drug-likeness (QED) is 0.529. The molecule has 150 valence electrons. The number of nitrogens with one attached hydrogen (secondary N) is 2. The molecular formula is C17H21N5O4S2. The molecule has 1 aliphatic rings. The van der Waals surface area contributed by atoms with E-state index in [1.165, 1.54) is 11.3 Å². The van der Waals surface area contributed by atoms with Gasteiger partial charge in [0.15, 0.2) is 5.16 Å². The highest BCUT2D eigenvalue weighted by Gasteiger charge is 2.28. The lowest BCUT2D eigenvalue weighted by atomic mass is 10.0. The first-order valence-corrected chi connectivity index (χ1v) is 10.6. The molecule has 2 N–H and O–H groups in total. The SMILES string of the molecule is CCOC(=O)c1c(NC(=O)CSc2nnc(C)c(=O)[nH]2)sc2c1CCN(C)C2. The number of rotatable bonds is 6. The van der Waals surface area contributed by atoms with Gasteiger partial charge in [-0.15, -0.1) is 21.5 Å². The van der Waals surface area contributed by atoms with Crippen LogP contribution in [-0.4, -0.2) is 57.9 Å². The van der Waals surface area contributed by atoms with Gasteiger partial charge in [0.2, 0.25) is 5.91 Å². The van der Waals surface area contributed by atoms with E-state index in [1.54, 1.807) is 13.8 Å². The molecule has 11 heteroatoms. The summed E-state index contributed by atoms with van der Waals surface area (Å²) in [7, 11) is 2.02. The summed E-state index contributed by atoms with van der Waals surface area (Å²) in [5.74, 6) is -0.690. The average Bonchev–Trinajstić information content (AvgIpc) is 2.99. The number of esters is 1. The van der Waals surface area contributed by atoms with E-state index in [1.807, 2.05) is 7.05 Å². The Kier molecular flexibility index (Phi) is 6.47. The van der Waals surface area contributed by atoms with Crippen LogP contribution in [0.2, 0.25) is 0 Å². The summed E-state index contributed by atoms with van der Waals surface area (Å²) < 4.78 is 5.19. The lowest BCUT2D eigenvalue weighted by Crippen LogP contribution is -2.26. The molecule has 0 spiro atoms. The average molecular weight is 424 g/mol. The molecule has 1 amide bonds. The van der Waals surface area contributed by atoms with Gasteiger partial charge in [-0.2, -0.15) is 0 Å². The van der Waals surface area contributed by atoms with Gasteiger partial charge in [0.05, 0.1) is 17.9 Å². The zero-order valence-electron chi connectivity index (χ0n) is 15.8. The lowest BCUT2D eigenvalue weighted by molar-refractivity contribution is -0.113. The van der Waals surface area contributed by atoms with Crippen LogP contribution in [0.1, 0.15) is 33.4 Å². The Labute approximate surface area is 169 Å². The Morgan fingerprint density at radius 3 is 2.89 bits per heavy atom. The summed E-state index contributed by atoms with van der Waals surface area (Å²) in [6.07, 6.45) is 0.737. The Morgan fingerprint density at radius 1 is 1.39 bits per heavy atom. The second-order valence-corrected chi connectivity index (χ2v) is 8.37. The van der Waals surface area contributed by atoms with Gasteiger partial charge >= 0.3 is 5.97 Å². The maximum atomic E-state index is 12.5. The molecule has 3 rings (SSSR count). The molecule has 1 aliphatic heterocycles. The van der Waals surface area contributed by atoms with Crippen molar-refractivity contribution in [3.63, 3.8) is 0 Å². The maximum Gasteiger partial charge on any atom is 0.341 e. The van der Waals surface area contributed by atoms with Gasteiger partial charge in [0.1, 0.15) is 10.7 Å². The van der Waals surface area contributed by atoms with Crippen LogP contribution in [0.3, 0.4) is 0 Å². The number of nitrogens with zero attached hydrogens (tertiary/aromatic N) is 3. The highest BCUT2D eigenvalue weighted by atomic mass is 32.2. The first-order chi connectivity index (χ1) is 13.4. The molecule has 0 radical (unpaired) electrons. The fourth-order valence-corrected chi connectivity index (χ4v) is 4.71. The van der Waals surface area contributed by atoms with Crippen LogP contribution in [0.15, 0.2) is 9.95 Å². The highest BCUT2D eigenvalue weighted by Crippen LogP contribution is 2.37. The minimum absolute atomic E-state index is 0.0262. The monoisotopic (exact) mass is 423 g/mol. The number of thioether (sulfide) groups is 1. The number of hydrogen-bond donors (Lipinski definition) is 2. The van der Waals surface area contributed by atoms with Crippen molar-refractivity contribution >= 4 is 40.0 Å². The minimum atomic E-state index is -0.416. The number of aryl methyl sites for hydroxylation is 1. The predicted molar refractivity (Wildman–Crippen MR) is 107 cm³/mol. The van der Waals surface area contributed by atoms with Gasteiger partial charge in [-0.25, -0.2) is 4.79 Å². The molecule has 0 aromatic carbocycles. The van der Waals surface area contributed by atoms with E-state index in [0.29, 0.717) is 10.6 Å². The summed E-state index contributed by atoms with van der Waals surface area (Å²) >= 11 is 2.47. The molecule has 0 bridgehead atoms. The van der Waals surface area contributed by atoms with Crippen molar-refractivity contribution in [2.75, 3.05) is 31.3 Å². The fourth-order valence-electron chi connectivity index (χ4n) is 2.78. The Morgan fingerprint density at radius 2 is 2.18 bits per heavy atom. The summed E-state index contributed by atoms with van der Waals surface area (Å²) in [5.41, 5.74) is 1.34. The topological polar surface area (TPSA) is 117 Å². The Bertz CT molecular complexity index is 956. The second-order valence-electron chi connectivity index (χ2n) is 6.30. The van der Waals surface area contributed by atoms with Gasteiger partial charge < -0.3 is 15.0 Å². The van der Waals surface area contributed by atoms with Crippen LogP contribution in [0.4, 0.5) is 5.00 Å². The molecule has 9 nitrogen and oxygen atoms in total. The van der Waals surface area contributed by atoms with Crippen LogP contribution in [-0.2, 0) is 22.5 Å².